The minimum absolute atomic E-state index is 0.386. The molecule has 0 bridgehead atoms. The van der Waals surface area contributed by atoms with Gasteiger partial charge in [0.1, 0.15) is 0 Å². The van der Waals surface area contributed by atoms with Crippen LogP contribution in [0.4, 0.5) is 0 Å². The molecular weight excluding hydrogens is 310 g/mol. The number of nitrogens with zero attached hydrogens (tertiary/aromatic N) is 3. The van der Waals surface area contributed by atoms with Crippen LogP contribution in [0, 0.1) is 19.8 Å². The Bertz CT molecular complexity index is 760. The van der Waals surface area contributed by atoms with Gasteiger partial charge >= 0.3 is 0 Å². The highest BCUT2D eigenvalue weighted by Gasteiger charge is 2.29. The summed E-state index contributed by atoms with van der Waals surface area (Å²) < 4.78 is 28.9. The minimum atomic E-state index is -3.35. The van der Waals surface area contributed by atoms with Gasteiger partial charge in [0.15, 0.2) is 0 Å². The number of sulfonamides is 1. The van der Waals surface area contributed by atoms with Crippen LogP contribution in [0.1, 0.15) is 24.2 Å². The van der Waals surface area contributed by atoms with E-state index in [0.29, 0.717) is 23.9 Å². The summed E-state index contributed by atoms with van der Waals surface area (Å²) in [4.78, 5) is 0.386. The number of benzene rings is 1. The molecule has 2 aromatic rings. The lowest BCUT2D eigenvalue weighted by atomic mass is 9.98. The first-order chi connectivity index (χ1) is 11.0. The van der Waals surface area contributed by atoms with Crippen molar-refractivity contribution in [2.45, 2.75) is 38.1 Å². The van der Waals surface area contributed by atoms with Crippen LogP contribution in [0.2, 0.25) is 0 Å². The molecule has 0 atom stereocenters. The lowest BCUT2D eigenvalue weighted by molar-refractivity contribution is 0.246. The van der Waals surface area contributed by atoms with Crippen molar-refractivity contribution in [2.75, 3.05) is 13.1 Å². The smallest absolute Gasteiger partial charge is 0.243 e. The molecule has 0 amide bonds. The molecule has 6 heteroatoms. The molecule has 124 valence electrons. The summed E-state index contributed by atoms with van der Waals surface area (Å²) in [5.74, 6) is 0.482. The topological polar surface area (TPSA) is 55.2 Å². The van der Waals surface area contributed by atoms with Gasteiger partial charge in [0.25, 0.3) is 0 Å². The molecule has 1 aliphatic rings. The Balaban J connectivity index is 1.63. The number of rotatable bonds is 4. The molecule has 0 spiro atoms. The standard InChI is InChI=1S/C17H23N3O2S/c1-14-12-15(2)20(18-14)13-16-8-10-19(11-9-16)23(21,22)17-6-4-3-5-7-17/h3-7,12,16H,8-11,13H2,1-2H3. The molecule has 1 fully saturated rings. The lowest BCUT2D eigenvalue weighted by Crippen LogP contribution is -2.39. The van der Waals surface area contributed by atoms with Crippen LogP contribution in [-0.2, 0) is 16.6 Å². The molecule has 0 saturated carbocycles. The Morgan fingerprint density at radius 2 is 1.78 bits per heavy atom. The fourth-order valence-electron chi connectivity index (χ4n) is 3.18. The van der Waals surface area contributed by atoms with E-state index in [2.05, 4.69) is 18.1 Å². The summed E-state index contributed by atoms with van der Waals surface area (Å²) in [6.45, 7) is 6.11. The van der Waals surface area contributed by atoms with Crippen LogP contribution >= 0.6 is 0 Å². The second kappa shape index (κ2) is 6.45. The van der Waals surface area contributed by atoms with E-state index in [-0.39, 0.29) is 0 Å². The molecule has 5 nitrogen and oxygen atoms in total. The van der Waals surface area contributed by atoms with Crippen LogP contribution in [0.25, 0.3) is 0 Å². The van der Waals surface area contributed by atoms with Gasteiger partial charge in [-0.1, -0.05) is 18.2 Å². The van der Waals surface area contributed by atoms with Crippen molar-refractivity contribution < 1.29 is 8.42 Å². The van der Waals surface area contributed by atoms with Gasteiger partial charge in [-0.15, -0.1) is 0 Å². The maximum Gasteiger partial charge on any atom is 0.243 e. The lowest BCUT2D eigenvalue weighted by Gasteiger charge is -2.31. The molecular formula is C17H23N3O2S. The number of aromatic nitrogens is 2. The van der Waals surface area contributed by atoms with Crippen molar-refractivity contribution in [3.63, 3.8) is 0 Å². The van der Waals surface area contributed by atoms with Crippen LogP contribution < -0.4 is 0 Å². The molecule has 23 heavy (non-hydrogen) atoms. The molecule has 3 rings (SSSR count). The molecule has 1 aliphatic heterocycles. The Kier molecular flexibility index (Phi) is 4.55. The van der Waals surface area contributed by atoms with Gasteiger partial charge < -0.3 is 0 Å². The molecule has 1 aromatic heterocycles. The largest absolute Gasteiger partial charge is 0.269 e. The Morgan fingerprint density at radius 3 is 2.35 bits per heavy atom. The van der Waals surface area contributed by atoms with Gasteiger partial charge in [-0.25, -0.2) is 8.42 Å². The fraction of sp³-hybridized carbons (Fsp3) is 0.471. The first-order valence-electron chi connectivity index (χ1n) is 8.03. The molecule has 0 N–H and O–H groups in total. The van der Waals surface area contributed by atoms with Gasteiger partial charge in [0.05, 0.1) is 10.6 Å². The SMILES string of the molecule is Cc1cc(C)n(CC2CCN(S(=O)(=O)c3ccccc3)CC2)n1. The zero-order valence-electron chi connectivity index (χ0n) is 13.6. The molecule has 1 aromatic carbocycles. The molecule has 1 saturated heterocycles. The number of piperidine rings is 1. The normalized spacial score (nSPS) is 17.5. The summed E-state index contributed by atoms with van der Waals surface area (Å²) in [5.41, 5.74) is 2.20. The van der Waals surface area contributed by atoms with Gasteiger partial charge in [-0.3, -0.25) is 4.68 Å². The van der Waals surface area contributed by atoms with E-state index in [9.17, 15) is 8.42 Å². The van der Waals surface area contributed by atoms with Gasteiger partial charge in [-0.05, 0) is 50.8 Å². The minimum Gasteiger partial charge on any atom is -0.269 e. The molecule has 2 heterocycles. The van der Waals surface area contributed by atoms with Crippen LogP contribution in [0.15, 0.2) is 41.3 Å². The summed E-state index contributed by atoms with van der Waals surface area (Å²) in [5, 5.41) is 4.50. The summed E-state index contributed by atoms with van der Waals surface area (Å²) in [7, 11) is -3.35. The number of hydrogen-bond acceptors (Lipinski definition) is 3. The van der Waals surface area contributed by atoms with Crippen molar-refractivity contribution in [2.24, 2.45) is 5.92 Å². The van der Waals surface area contributed by atoms with Crippen LogP contribution in [0.5, 0.6) is 0 Å². The molecule has 0 radical (unpaired) electrons. The van der Waals surface area contributed by atoms with E-state index >= 15 is 0 Å². The quantitative estimate of drug-likeness (QED) is 0.864. The average molecular weight is 333 g/mol. The van der Waals surface area contributed by atoms with Gasteiger partial charge in [0.2, 0.25) is 10.0 Å². The van der Waals surface area contributed by atoms with E-state index in [4.69, 9.17) is 0 Å². The second-order valence-electron chi connectivity index (χ2n) is 6.27. The molecule has 0 unspecified atom stereocenters. The predicted molar refractivity (Wildman–Crippen MR) is 89.6 cm³/mol. The van der Waals surface area contributed by atoms with Crippen molar-refractivity contribution in [1.82, 2.24) is 14.1 Å². The van der Waals surface area contributed by atoms with E-state index in [1.807, 2.05) is 17.7 Å². The second-order valence-corrected chi connectivity index (χ2v) is 8.21. The zero-order valence-corrected chi connectivity index (χ0v) is 14.5. The highest BCUT2D eigenvalue weighted by molar-refractivity contribution is 7.89. The Morgan fingerprint density at radius 1 is 1.13 bits per heavy atom. The Labute approximate surface area is 138 Å². The third kappa shape index (κ3) is 3.48. The third-order valence-corrected chi connectivity index (χ3v) is 6.40. The maximum absolute atomic E-state index is 12.6. The van der Waals surface area contributed by atoms with Gasteiger partial charge in [-0.2, -0.15) is 9.40 Å². The number of hydrogen-bond donors (Lipinski definition) is 0. The number of aryl methyl sites for hydroxylation is 2. The first kappa shape index (κ1) is 16.2. The predicted octanol–water partition coefficient (Wildman–Crippen LogP) is 2.60. The third-order valence-electron chi connectivity index (χ3n) is 4.49. The Hall–Kier alpha value is -1.66. The van der Waals surface area contributed by atoms with Crippen molar-refractivity contribution >= 4 is 10.0 Å². The summed E-state index contributed by atoms with van der Waals surface area (Å²) in [6.07, 6.45) is 1.76. The van der Waals surface area contributed by atoms with Gasteiger partial charge in [0, 0.05) is 25.3 Å². The monoisotopic (exact) mass is 333 g/mol. The maximum atomic E-state index is 12.6. The highest BCUT2D eigenvalue weighted by Crippen LogP contribution is 2.25. The average Bonchev–Trinajstić information content (AvgIpc) is 2.86. The van der Waals surface area contributed by atoms with Crippen LogP contribution in [0.3, 0.4) is 0 Å². The first-order valence-corrected chi connectivity index (χ1v) is 9.47. The highest BCUT2D eigenvalue weighted by atomic mass is 32.2. The van der Waals surface area contributed by atoms with Crippen LogP contribution in [-0.4, -0.2) is 35.6 Å². The summed E-state index contributed by atoms with van der Waals surface area (Å²) >= 11 is 0. The van der Waals surface area contributed by atoms with Crippen molar-refractivity contribution in [1.29, 1.82) is 0 Å². The van der Waals surface area contributed by atoms with E-state index in [1.54, 1.807) is 28.6 Å². The van der Waals surface area contributed by atoms with Crippen molar-refractivity contribution in [3.8, 4) is 0 Å². The van der Waals surface area contributed by atoms with E-state index < -0.39 is 10.0 Å². The van der Waals surface area contributed by atoms with E-state index in [0.717, 1.165) is 25.1 Å². The zero-order chi connectivity index (χ0) is 16.4. The molecule has 0 aliphatic carbocycles. The fourth-order valence-corrected chi connectivity index (χ4v) is 4.67. The van der Waals surface area contributed by atoms with E-state index in [1.165, 1.54) is 5.69 Å². The summed E-state index contributed by atoms with van der Waals surface area (Å²) in [6, 6.07) is 10.8. The van der Waals surface area contributed by atoms with Crippen molar-refractivity contribution in [3.05, 3.63) is 47.8 Å².